The first-order valence-electron chi connectivity index (χ1n) is 9.39. The zero-order valence-corrected chi connectivity index (χ0v) is 16.5. The van der Waals surface area contributed by atoms with E-state index in [1.54, 1.807) is 17.0 Å². The van der Waals surface area contributed by atoms with Gasteiger partial charge in [0.25, 0.3) is 5.91 Å². The van der Waals surface area contributed by atoms with E-state index in [0.29, 0.717) is 31.7 Å². The smallest absolute Gasteiger partial charge is 0.409 e. The minimum Gasteiger partial charge on any atom is -0.485 e. The Hall–Kier alpha value is -2.96. The van der Waals surface area contributed by atoms with Gasteiger partial charge in [-0.1, -0.05) is 17.7 Å². The molecule has 2 aromatic rings. The Labute approximate surface area is 164 Å². The molecule has 3 rings (SSSR count). The van der Waals surface area contributed by atoms with Gasteiger partial charge in [0.15, 0.2) is 5.76 Å². The number of carbonyl (C=O) groups excluding carboxylic acids is 2. The minimum absolute atomic E-state index is 0.00779. The van der Waals surface area contributed by atoms with Gasteiger partial charge >= 0.3 is 6.09 Å². The van der Waals surface area contributed by atoms with Gasteiger partial charge in [0.1, 0.15) is 18.1 Å². The summed E-state index contributed by atoms with van der Waals surface area (Å²) < 4.78 is 16.1. The zero-order chi connectivity index (χ0) is 20.1. The normalized spacial score (nSPS) is 14.6. The molecule has 2 heterocycles. The van der Waals surface area contributed by atoms with Gasteiger partial charge < -0.3 is 24.1 Å². The standard InChI is InChI=1S/C21H26N2O5/c1-14-4-6-18(15(2)12-14)27-13-17-5-7-19(28-17)20(24)22-16-8-10-23(11-9-16)21(25)26-3/h4-7,12,16H,8-11,13H2,1-3H3,(H,22,24). The SMILES string of the molecule is COC(=O)N1CCC(NC(=O)c2ccc(COc3ccc(C)cc3C)o2)CC1. The lowest BCUT2D eigenvalue weighted by Gasteiger charge is -2.31. The molecule has 0 aliphatic carbocycles. The predicted molar refractivity (Wildman–Crippen MR) is 103 cm³/mol. The Morgan fingerprint density at radius 3 is 2.61 bits per heavy atom. The van der Waals surface area contributed by atoms with Crippen molar-refractivity contribution in [2.75, 3.05) is 20.2 Å². The van der Waals surface area contributed by atoms with Gasteiger partial charge in [-0.25, -0.2) is 4.79 Å². The van der Waals surface area contributed by atoms with E-state index in [0.717, 1.165) is 11.3 Å². The van der Waals surface area contributed by atoms with Crippen molar-refractivity contribution in [1.29, 1.82) is 0 Å². The highest BCUT2D eigenvalue weighted by atomic mass is 16.5. The molecular weight excluding hydrogens is 360 g/mol. The lowest BCUT2D eigenvalue weighted by Crippen LogP contribution is -2.46. The van der Waals surface area contributed by atoms with Crippen LogP contribution in [-0.4, -0.2) is 43.1 Å². The predicted octanol–water partition coefficient (Wildman–Crippen LogP) is 3.44. The molecule has 0 atom stereocenters. The lowest BCUT2D eigenvalue weighted by molar-refractivity contribution is 0.0863. The Morgan fingerprint density at radius 1 is 1.18 bits per heavy atom. The molecule has 0 radical (unpaired) electrons. The van der Waals surface area contributed by atoms with Crippen LogP contribution in [0.3, 0.4) is 0 Å². The van der Waals surface area contributed by atoms with Crippen LogP contribution in [0.15, 0.2) is 34.7 Å². The summed E-state index contributed by atoms with van der Waals surface area (Å²) in [6.07, 6.45) is 1.04. The number of furan rings is 1. The molecule has 7 heteroatoms. The number of hydrogen-bond acceptors (Lipinski definition) is 5. The van der Waals surface area contributed by atoms with Gasteiger partial charge in [-0.05, 0) is 50.5 Å². The van der Waals surface area contributed by atoms with E-state index in [1.807, 2.05) is 26.0 Å². The van der Waals surface area contributed by atoms with Gasteiger partial charge in [0.05, 0.1) is 7.11 Å². The molecule has 1 aliphatic rings. The van der Waals surface area contributed by atoms with Crippen LogP contribution >= 0.6 is 0 Å². The highest BCUT2D eigenvalue weighted by Crippen LogP contribution is 2.21. The van der Waals surface area contributed by atoms with Crippen LogP contribution < -0.4 is 10.1 Å². The number of methoxy groups -OCH3 is 1. The van der Waals surface area contributed by atoms with Crippen LogP contribution in [-0.2, 0) is 11.3 Å². The largest absolute Gasteiger partial charge is 0.485 e. The molecule has 1 aromatic heterocycles. The molecular formula is C21H26N2O5. The van der Waals surface area contributed by atoms with E-state index in [2.05, 4.69) is 11.4 Å². The fourth-order valence-corrected chi connectivity index (χ4v) is 3.28. The molecule has 0 saturated carbocycles. The molecule has 0 unspecified atom stereocenters. The van der Waals surface area contributed by atoms with E-state index in [9.17, 15) is 9.59 Å². The Kier molecular flexibility index (Phi) is 6.23. The molecule has 7 nitrogen and oxygen atoms in total. The Balaban J connectivity index is 1.49. The number of carbonyl (C=O) groups is 2. The molecule has 1 N–H and O–H groups in total. The van der Waals surface area contributed by atoms with Crippen molar-refractivity contribution in [3.63, 3.8) is 0 Å². The van der Waals surface area contributed by atoms with Crippen molar-refractivity contribution >= 4 is 12.0 Å². The van der Waals surface area contributed by atoms with Crippen LogP contribution in [0.2, 0.25) is 0 Å². The molecule has 1 aromatic carbocycles. The third kappa shape index (κ3) is 4.85. The first kappa shape index (κ1) is 19.8. The van der Waals surface area contributed by atoms with Crippen LogP contribution in [0, 0.1) is 13.8 Å². The summed E-state index contributed by atoms with van der Waals surface area (Å²) in [7, 11) is 1.37. The number of piperidine rings is 1. The quantitative estimate of drug-likeness (QED) is 0.851. The van der Waals surface area contributed by atoms with Crippen molar-refractivity contribution < 1.29 is 23.5 Å². The van der Waals surface area contributed by atoms with E-state index in [-0.39, 0.29) is 30.4 Å². The van der Waals surface area contributed by atoms with Gasteiger partial charge in [-0.2, -0.15) is 0 Å². The molecule has 1 aliphatic heterocycles. The number of benzene rings is 1. The summed E-state index contributed by atoms with van der Waals surface area (Å²) in [4.78, 5) is 25.6. The monoisotopic (exact) mass is 386 g/mol. The average molecular weight is 386 g/mol. The van der Waals surface area contributed by atoms with Crippen LogP contribution in [0.25, 0.3) is 0 Å². The second-order valence-corrected chi connectivity index (χ2v) is 7.03. The molecule has 1 fully saturated rings. The molecule has 2 amide bonds. The lowest BCUT2D eigenvalue weighted by atomic mass is 10.1. The maximum absolute atomic E-state index is 12.4. The topological polar surface area (TPSA) is 81.0 Å². The highest BCUT2D eigenvalue weighted by Gasteiger charge is 2.25. The van der Waals surface area contributed by atoms with Crippen molar-refractivity contribution in [2.45, 2.75) is 39.3 Å². The second-order valence-electron chi connectivity index (χ2n) is 7.03. The highest BCUT2D eigenvalue weighted by molar-refractivity contribution is 5.91. The summed E-state index contributed by atoms with van der Waals surface area (Å²) >= 11 is 0. The number of ether oxygens (including phenoxy) is 2. The molecule has 0 bridgehead atoms. The van der Waals surface area contributed by atoms with Crippen molar-refractivity contribution in [3.8, 4) is 5.75 Å². The Morgan fingerprint density at radius 2 is 1.93 bits per heavy atom. The first-order chi connectivity index (χ1) is 13.5. The third-order valence-electron chi connectivity index (χ3n) is 4.85. The van der Waals surface area contributed by atoms with Gasteiger partial charge in [-0.15, -0.1) is 0 Å². The molecule has 150 valence electrons. The zero-order valence-electron chi connectivity index (χ0n) is 16.5. The molecule has 28 heavy (non-hydrogen) atoms. The van der Waals surface area contributed by atoms with Crippen LogP contribution in [0.5, 0.6) is 5.75 Å². The number of amides is 2. The summed E-state index contributed by atoms with van der Waals surface area (Å²) in [6, 6.07) is 9.39. The van der Waals surface area contributed by atoms with Crippen molar-refractivity contribution in [1.82, 2.24) is 10.2 Å². The summed E-state index contributed by atoms with van der Waals surface area (Å²) in [5.41, 5.74) is 2.24. The third-order valence-corrected chi connectivity index (χ3v) is 4.85. The number of nitrogens with zero attached hydrogens (tertiary/aromatic N) is 1. The molecule has 1 saturated heterocycles. The van der Waals surface area contributed by atoms with E-state index in [4.69, 9.17) is 13.9 Å². The summed E-state index contributed by atoms with van der Waals surface area (Å²) in [5, 5.41) is 2.96. The van der Waals surface area contributed by atoms with Crippen LogP contribution in [0.4, 0.5) is 4.79 Å². The summed E-state index contributed by atoms with van der Waals surface area (Å²) in [5.74, 6) is 1.39. The van der Waals surface area contributed by atoms with E-state index >= 15 is 0 Å². The second kappa shape index (κ2) is 8.82. The van der Waals surface area contributed by atoms with E-state index in [1.165, 1.54) is 12.7 Å². The number of likely N-dealkylation sites (tertiary alicyclic amines) is 1. The maximum atomic E-state index is 12.4. The van der Waals surface area contributed by atoms with E-state index < -0.39 is 0 Å². The van der Waals surface area contributed by atoms with Gasteiger partial charge in [0.2, 0.25) is 0 Å². The average Bonchev–Trinajstić information content (AvgIpc) is 3.16. The minimum atomic E-state index is -0.329. The number of hydrogen-bond donors (Lipinski definition) is 1. The summed E-state index contributed by atoms with van der Waals surface area (Å²) in [6.45, 7) is 5.41. The number of rotatable bonds is 5. The fraction of sp³-hybridized carbons (Fsp3) is 0.429. The van der Waals surface area contributed by atoms with Crippen molar-refractivity contribution in [2.24, 2.45) is 0 Å². The fourth-order valence-electron chi connectivity index (χ4n) is 3.28. The Bertz CT molecular complexity index is 837. The molecule has 0 spiro atoms. The van der Waals surface area contributed by atoms with Crippen molar-refractivity contribution in [3.05, 3.63) is 53.0 Å². The number of nitrogens with one attached hydrogen (secondary N) is 1. The maximum Gasteiger partial charge on any atom is 0.409 e. The van der Waals surface area contributed by atoms with Gasteiger partial charge in [-0.3, -0.25) is 4.79 Å². The first-order valence-corrected chi connectivity index (χ1v) is 9.39. The van der Waals surface area contributed by atoms with Gasteiger partial charge in [0, 0.05) is 19.1 Å². The number of aryl methyl sites for hydroxylation is 2. The van der Waals surface area contributed by atoms with Crippen LogP contribution in [0.1, 0.15) is 40.3 Å².